The third kappa shape index (κ3) is 3.66. The molecule has 3 aromatic rings. The Balaban J connectivity index is 1.59. The molecular weight excluding hydrogens is 394 g/mol. The second-order valence-electron chi connectivity index (χ2n) is 6.57. The summed E-state index contributed by atoms with van der Waals surface area (Å²) in [4.78, 5) is 31.6. The molecule has 4 rings (SSSR count). The van der Waals surface area contributed by atoms with Gasteiger partial charge in [-0.25, -0.2) is 4.98 Å². The maximum Gasteiger partial charge on any atom is 0.267 e. The quantitative estimate of drug-likeness (QED) is 0.645. The zero-order chi connectivity index (χ0) is 19.7. The largest absolute Gasteiger partial charge is 0.320 e. The van der Waals surface area contributed by atoms with Crippen LogP contribution in [0.15, 0.2) is 48.5 Å². The zero-order valence-electron chi connectivity index (χ0n) is 15.2. The Bertz CT molecular complexity index is 1050. The molecule has 0 atom stereocenters. The lowest BCUT2D eigenvalue weighted by atomic mass is 10.2. The number of hydrogen-bond acceptors (Lipinski definition) is 4. The summed E-state index contributed by atoms with van der Waals surface area (Å²) in [6, 6.07) is 15.0. The molecule has 0 aliphatic carbocycles. The number of nitrogens with zero attached hydrogens (tertiary/aromatic N) is 2. The van der Waals surface area contributed by atoms with E-state index in [0.717, 1.165) is 22.7 Å². The van der Waals surface area contributed by atoms with Crippen molar-refractivity contribution in [3.63, 3.8) is 0 Å². The fourth-order valence-electron chi connectivity index (χ4n) is 3.19. The lowest BCUT2D eigenvalue weighted by molar-refractivity contribution is -0.117. The molecule has 1 fully saturated rings. The lowest BCUT2D eigenvalue weighted by Gasteiger charge is -2.17. The fourth-order valence-corrected chi connectivity index (χ4v) is 4.32. The third-order valence-corrected chi connectivity index (χ3v) is 6.14. The number of amides is 2. The van der Waals surface area contributed by atoms with Crippen molar-refractivity contribution in [2.24, 2.45) is 0 Å². The Labute approximate surface area is 172 Å². The number of aromatic nitrogens is 1. The average Bonchev–Trinajstić information content (AvgIpc) is 3.30. The standard InChI is InChI=1S/C21H18ClN3O2S/c1-13-19(28-21(23-13)14-6-3-2-4-7-14)20(27)24-17-12-15(9-10-16(17)22)25-11-5-8-18(25)26/h2-4,6-7,9-10,12H,5,8,11H2,1H3,(H,24,27). The first-order valence-corrected chi connectivity index (χ1v) is 10.2. The van der Waals surface area contributed by atoms with E-state index in [-0.39, 0.29) is 11.8 Å². The Morgan fingerprint density at radius 1 is 1.21 bits per heavy atom. The number of hydrogen-bond donors (Lipinski definition) is 1. The molecule has 1 aliphatic heterocycles. The normalized spacial score (nSPS) is 13.8. The lowest BCUT2D eigenvalue weighted by Crippen LogP contribution is -2.23. The summed E-state index contributed by atoms with van der Waals surface area (Å²) in [5.41, 5.74) is 2.87. The van der Waals surface area contributed by atoms with Gasteiger partial charge in [-0.1, -0.05) is 41.9 Å². The Kier molecular flexibility index (Phi) is 5.15. The number of thiazole rings is 1. The van der Waals surface area contributed by atoms with Crippen molar-refractivity contribution in [1.82, 2.24) is 4.98 Å². The van der Waals surface area contributed by atoms with Gasteiger partial charge in [0.2, 0.25) is 5.91 Å². The van der Waals surface area contributed by atoms with E-state index in [2.05, 4.69) is 10.3 Å². The number of anilines is 2. The van der Waals surface area contributed by atoms with Gasteiger partial charge in [0.25, 0.3) is 5.91 Å². The number of rotatable bonds is 4. The van der Waals surface area contributed by atoms with Crippen LogP contribution in [0.5, 0.6) is 0 Å². The topological polar surface area (TPSA) is 62.3 Å². The van der Waals surface area contributed by atoms with E-state index in [1.54, 1.807) is 23.1 Å². The minimum absolute atomic E-state index is 0.0883. The van der Waals surface area contributed by atoms with Crippen molar-refractivity contribution in [1.29, 1.82) is 0 Å². The molecule has 0 bridgehead atoms. The molecule has 5 nitrogen and oxygen atoms in total. The average molecular weight is 412 g/mol. The first-order valence-electron chi connectivity index (χ1n) is 8.97. The monoisotopic (exact) mass is 411 g/mol. The smallest absolute Gasteiger partial charge is 0.267 e. The predicted molar refractivity (Wildman–Crippen MR) is 113 cm³/mol. The van der Waals surface area contributed by atoms with Crippen molar-refractivity contribution in [2.45, 2.75) is 19.8 Å². The number of benzene rings is 2. The number of nitrogens with one attached hydrogen (secondary N) is 1. The summed E-state index contributed by atoms with van der Waals surface area (Å²) in [6.07, 6.45) is 1.39. The highest BCUT2D eigenvalue weighted by atomic mass is 35.5. The van der Waals surface area contributed by atoms with Crippen molar-refractivity contribution >= 4 is 46.1 Å². The first kappa shape index (κ1) is 18.7. The van der Waals surface area contributed by atoms with Crippen molar-refractivity contribution in [3.05, 3.63) is 64.1 Å². The van der Waals surface area contributed by atoms with Crippen LogP contribution in [0, 0.1) is 6.92 Å². The maximum absolute atomic E-state index is 12.8. The highest BCUT2D eigenvalue weighted by Gasteiger charge is 2.23. The van der Waals surface area contributed by atoms with Gasteiger partial charge in [-0.05, 0) is 31.5 Å². The highest BCUT2D eigenvalue weighted by molar-refractivity contribution is 7.17. The van der Waals surface area contributed by atoms with Crippen LogP contribution >= 0.6 is 22.9 Å². The summed E-state index contributed by atoms with van der Waals surface area (Å²) < 4.78 is 0. The van der Waals surface area contributed by atoms with Gasteiger partial charge < -0.3 is 10.2 Å². The fraction of sp³-hybridized carbons (Fsp3) is 0.190. The van der Waals surface area contributed by atoms with Gasteiger partial charge in [0.15, 0.2) is 0 Å². The van der Waals surface area contributed by atoms with Gasteiger partial charge >= 0.3 is 0 Å². The summed E-state index contributed by atoms with van der Waals surface area (Å²) in [5, 5.41) is 4.09. The molecule has 1 N–H and O–H groups in total. The summed E-state index contributed by atoms with van der Waals surface area (Å²) in [7, 11) is 0. The number of aryl methyl sites for hydroxylation is 1. The zero-order valence-corrected chi connectivity index (χ0v) is 16.8. The van der Waals surface area contributed by atoms with Gasteiger partial charge in [-0.2, -0.15) is 0 Å². The van der Waals surface area contributed by atoms with E-state index in [1.807, 2.05) is 37.3 Å². The molecule has 0 saturated carbocycles. The maximum atomic E-state index is 12.8. The minimum Gasteiger partial charge on any atom is -0.320 e. The van der Waals surface area contributed by atoms with E-state index in [1.165, 1.54) is 11.3 Å². The van der Waals surface area contributed by atoms with Crippen LogP contribution in [-0.2, 0) is 4.79 Å². The summed E-state index contributed by atoms with van der Waals surface area (Å²) in [5.74, 6) is -0.172. The van der Waals surface area contributed by atoms with Crippen LogP contribution in [0.25, 0.3) is 10.6 Å². The van der Waals surface area contributed by atoms with Crippen LogP contribution in [0.1, 0.15) is 28.2 Å². The van der Waals surface area contributed by atoms with E-state index in [4.69, 9.17) is 11.6 Å². The Hall–Kier alpha value is -2.70. The van der Waals surface area contributed by atoms with Crippen LogP contribution in [-0.4, -0.2) is 23.3 Å². The van der Waals surface area contributed by atoms with E-state index in [9.17, 15) is 9.59 Å². The molecule has 1 saturated heterocycles. The summed E-state index contributed by atoms with van der Waals surface area (Å²) in [6.45, 7) is 2.50. The number of carbonyl (C=O) groups excluding carboxylic acids is 2. The Morgan fingerprint density at radius 3 is 2.71 bits per heavy atom. The molecule has 1 aliphatic rings. The van der Waals surface area contributed by atoms with Gasteiger partial charge in [0, 0.05) is 24.2 Å². The molecular formula is C21H18ClN3O2S. The van der Waals surface area contributed by atoms with Crippen LogP contribution < -0.4 is 10.2 Å². The van der Waals surface area contributed by atoms with Gasteiger partial charge in [0.1, 0.15) is 9.88 Å². The molecule has 2 aromatic carbocycles. The van der Waals surface area contributed by atoms with Crippen molar-refractivity contribution in [2.75, 3.05) is 16.8 Å². The van der Waals surface area contributed by atoms with Crippen molar-refractivity contribution in [3.8, 4) is 10.6 Å². The molecule has 2 amide bonds. The number of halogens is 1. The molecule has 2 heterocycles. The first-order chi connectivity index (χ1) is 13.5. The van der Waals surface area contributed by atoms with E-state index < -0.39 is 0 Å². The van der Waals surface area contributed by atoms with Crippen LogP contribution in [0.4, 0.5) is 11.4 Å². The number of carbonyl (C=O) groups is 2. The minimum atomic E-state index is -0.260. The third-order valence-electron chi connectivity index (χ3n) is 4.61. The molecule has 1 aromatic heterocycles. The van der Waals surface area contributed by atoms with Crippen LogP contribution in [0.3, 0.4) is 0 Å². The Morgan fingerprint density at radius 2 is 2.00 bits per heavy atom. The van der Waals surface area contributed by atoms with Gasteiger partial charge in [0.05, 0.1) is 16.4 Å². The summed E-state index contributed by atoms with van der Waals surface area (Å²) >= 11 is 7.63. The molecule has 0 spiro atoms. The van der Waals surface area contributed by atoms with E-state index in [0.29, 0.717) is 34.2 Å². The van der Waals surface area contributed by atoms with Crippen molar-refractivity contribution < 1.29 is 9.59 Å². The molecule has 0 unspecified atom stereocenters. The second-order valence-corrected chi connectivity index (χ2v) is 7.97. The molecule has 0 radical (unpaired) electrons. The highest BCUT2D eigenvalue weighted by Crippen LogP contribution is 2.32. The predicted octanol–water partition coefficient (Wildman–Crippen LogP) is 5.15. The second kappa shape index (κ2) is 7.73. The molecule has 142 valence electrons. The molecule has 28 heavy (non-hydrogen) atoms. The van der Waals surface area contributed by atoms with Crippen LogP contribution in [0.2, 0.25) is 5.02 Å². The van der Waals surface area contributed by atoms with Gasteiger partial charge in [-0.15, -0.1) is 11.3 Å². The SMILES string of the molecule is Cc1nc(-c2ccccc2)sc1C(=O)Nc1cc(N2CCCC2=O)ccc1Cl. The van der Waals surface area contributed by atoms with Gasteiger partial charge in [-0.3, -0.25) is 9.59 Å². The van der Waals surface area contributed by atoms with E-state index >= 15 is 0 Å². The molecule has 7 heteroatoms.